The Morgan fingerprint density at radius 1 is 1.67 bits per heavy atom. The molecule has 0 saturated heterocycles. The van der Waals surface area contributed by atoms with Crippen LogP contribution in [0.1, 0.15) is 22.3 Å². The first-order valence-electron chi connectivity index (χ1n) is 4.36. The van der Waals surface area contributed by atoms with Gasteiger partial charge >= 0.3 is 5.97 Å². The zero-order valence-electron chi connectivity index (χ0n) is 8.29. The molecule has 78 valence electrons. The van der Waals surface area contributed by atoms with Crippen molar-refractivity contribution in [2.45, 2.75) is 6.42 Å². The fourth-order valence-electron chi connectivity index (χ4n) is 0.987. The van der Waals surface area contributed by atoms with Crippen molar-refractivity contribution in [2.24, 2.45) is 0 Å². The molecule has 0 radical (unpaired) electrons. The molecule has 1 heterocycles. The van der Waals surface area contributed by atoms with E-state index in [1.165, 1.54) is 7.11 Å². The molecule has 1 rings (SSSR count). The van der Waals surface area contributed by atoms with E-state index in [1.807, 2.05) is 0 Å². The zero-order chi connectivity index (χ0) is 11.1. The molecule has 1 aromatic heterocycles. The van der Waals surface area contributed by atoms with E-state index < -0.39 is 0 Å². The average molecular weight is 268 g/mol. The monoisotopic (exact) mass is 267 g/mol. The number of carbonyl (C=O) groups is 1. The van der Waals surface area contributed by atoms with Crippen molar-refractivity contribution in [2.75, 3.05) is 12.4 Å². The summed E-state index contributed by atoms with van der Waals surface area (Å²) >= 11 is 3.27. The summed E-state index contributed by atoms with van der Waals surface area (Å²) in [4.78, 5) is 15.3. The van der Waals surface area contributed by atoms with Gasteiger partial charge in [-0.3, -0.25) is 4.98 Å². The van der Waals surface area contributed by atoms with Crippen molar-refractivity contribution in [3.8, 4) is 11.8 Å². The molecule has 0 unspecified atom stereocenters. The second kappa shape index (κ2) is 6.20. The average Bonchev–Trinajstić information content (AvgIpc) is 2.29. The Bertz CT molecular complexity index is 407. The van der Waals surface area contributed by atoms with Crippen molar-refractivity contribution in [3.05, 3.63) is 29.6 Å². The highest BCUT2D eigenvalue weighted by Crippen LogP contribution is 2.06. The molecule has 3 nitrogen and oxygen atoms in total. The maximum atomic E-state index is 11.3. The largest absolute Gasteiger partial charge is 0.465 e. The minimum Gasteiger partial charge on any atom is -0.465 e. The molecule has 0 fully saturated rings. The second-order valence-corrected chi connectivity index (χ2v) is 3.45. The fourth-order valence-corrected chi connectivity index (χ4v) is 1.19. The van der Waals surface area contributed by atoms with E-state index in [1.54, 1.807) is 18.5 Å². The maximum absolute atomic E-state index is 11.3. The molecule has 0 atom stereocenters. The molecular weight excluding hydrogens is 258 g/mol. The maximum Gasteiger partial charge on any atom is 0.339 e. The van der Waals surface area contributed by atoms with E-state index >= 15 is 0 Å². The first-order valence-corrected chi connectivity index (χ1v) is 5.49. The molecule has 0 spiro atoms. The van der Waals surface area contributed by atoms with Crippen LogP contribution in [0.2, 0.25) is 0 Å². The van der Waals surface area contributed by atoms with Crippen LogP contribution in [-0.2, 0) is 4.74 Å². The Hall–Kier alpha value is -1.34. The summed E-state index contributed by atoms with van der Waals surface area (Å²) in [7, 11) is 1.35. The molecule has 0 aliphatic heterocycles. The molecule has 1 aromatic rings. The van der Waals surface area contributed by atoms with Crippen molar-refractivity contribution in [1.29, 1.82) is 0 Å². The van der Waals surface area contributed by atoms with Gasteiger partial charge in [0.25, 0.3) is 0 Å². The molecule has 4 heteroatoms. The minimum atomic E-state index is -0.388. The number of ether oxygens (including phenoxy) is 1. The summed E-state index contributed by atoms with van der Waals surface area (Å²) in [6.45, 7) is 0. The Morgan fingerprint density at radius 3 is 3.13 bits per heavy atom. The third-order valence-electron chi connectivity index (χ3n) is 1.67. The van der Waals surface area contributed by atoms with Crippen LogP contribution in [0.4, 0.5) is 0 Å². The molecule has 15 heavy (non-hydrogen) atoms. The predicted octanol–water partition coefficient (Wildman–Crippen LogP) is 2.00. The van der Waals surface area contributed by atoms with Gasteiger partial charge in [-0.1, -0.05) is 27.8 Å². The van der Waals surface area contributed by atoms with Gasteiger partial charge in [-0.2, -0.15) is 0 Å². The second-order valence-electron chi connectivity index (χ2n) is 2.65. The van der Waals surface area contributed by atoms with E-state index in [4.69, 9.17) is 0 Å². The third-order valence-corrected chi connectivity index (χ3v) is 2.07. The first kappa shape index (κ1) is 11.7. The Morgan fingerprint density at radius 2 is 2.47 bits per heavy atom. The normalized spacial score (nSPS) is 8.93. The lowest BCUT2D eigenvalue weighted by atomic mass is 10.1. The van der Waals surface area contributed by atoms with Crippen LogP contribution in [0.25, 0.3) is 0 Å². The van der Waals surface area contributed by atoms with Crippen molar-refractivity contribution in [1.82, 2.24) is 4.98 Å². The number of halogens is 1. The van der Waals surface area contributed by atoms with Gasteiger partial charge in [0, 0.05) is 24.1 Å². The molecule has 0 aliphatic carbocycles. The summed E-state index contributed by atoms with van der Waals surface area (Å²) in [6, 6.07) is 1.60. The van der Waals surface area contributed by atoms with Crippen LogP contribution in [0.3, 0.4) is 0 Å². The van der Waals surface area contributed by atoms with Crippen molar-refractivity contribution >= 4 is 21.9 Å². The Balaban J connectivity index is 2.98. The summed E-state index contributed by atoms with van der Waals surface area (Å²) < 4.78 is 4.64. The molecule has 0 aromatic carbocycles. The van der Waals surface area contributed by atoms with Crippen molar-refractivity contribution < 1.29 is 9.53 Å². The third kappa shape index (κ3) is 3.37. The molecule has 0 saturated carbocycles. The van der Waals surface area contributed by atoms with E-state index in [2.05, 4.69) is 37.5 Å². The molecule has 0 N–H and O–H groups in total. The lowest BCUT2D eigenvalue weighted by molar-refractivity contribution is 0.0600. The fraction of sp³-hybridized carbons (Fsp3) is 0.273. The quantitative estimate of drug-likeness (QED) is 0.468. The highest BCUT2D eigenvalue weighted by Gasteiger charge is 2.09. The lowest BCUT2D eigenvalue weighted by Gasteiger charge is -2.00. The van der Waals surface area contributed by atoms with Crippen LogP contribution >= 0.6 is 15.9 Å². The molecule has 0 aliphatic rings. The molecule has 0 amide bonds. The van der Waals surface area contributed by atoms with Gasteiger partial charge in [-0.05, 0) is 6.07 Å². The SMILES string of the molecule is COC(=O)c1ccncc1C#CCCBr. The summed E-state index contributed by atoms with van der Waals surface area (Å²) in [6.07, 6.45) is 3.84. The van der Waals surface area contributed by atoms with Gasteiger partial charge in [0.05, 0.1) is 18.2 Å². The van der Waals surface area contributed by atoms with E-state index in [9.17, 15) is 4.79 Å². The van der Waals surface area contributed by atoms with E-state index in [0.717, 1.165) is 11.8 Å². The summed E-state index contributed by atoms with van der Waals surface area (Å²) in [5.74, 6) is 5.42. The van der Waals surface area contributed by atoms with Crippen LogP contribution in [-0.4, -0.2) is 23.4 Å². The predicted molar refractivity (Wildman–Crippen MR) is 60.9 cm³/mol. The van der Waals surface area contributed by atoms with Crippen molar-refractivity contribution in [3.63, 3.8) is 0 Å². The van der Waals surface area contributed by atoms with Crippen LogP contribution in [0.5, 0.6) is 0 Å². The summed E-state index contributed by atoms with van der Waals surface area (Å²) in [5.41, 5.74) is 1.06. The van der Waals surface area contributed by atoms with Gasteiger partial charge in [0.2, 0.25) is 0 Å². The number of hydrogen-bond acceptors (Lipinski definition) is 3. The molecule has 0 bridgehead atoms. The van der Waals surface area contributed by atoms with Gasteiger partial charge < -0.3 is 4.74 Å². The number of alkyl halides is 1. The van der Waals surface area contributed by atoms with E-state index in [0.29, 0.717) is 11.1 Å². The van der Waals surface area contributed by atoms with Crippen LogP contribution < -0.4 is 0 Å². The number of hydrogen-bond donors (Lipinski definition) is 0. The summed E-state index contributed by atoms with van der Waals surface area (Å²) in [5, 5.41) is 0.813. The number of nitrogens with zero attached hydrogens (tertiary/aromatic N) is 1. The number of carbonyl (C=O) groups excluding carboxylic acids is 1. The Kier molecular flexibility index (Phi) is 4.85. The van der Waals surface area contributed by atoms with Gasteiger partial charge in [-0.25, -0.2) is 4.79 Å². The van der Waals surface area contributed by atoms with Crippen LogP contribution in [0.15, 0.2) is 18.5 Å². The number of esters is 1. The van der Waals surface area contributed by atoms with E-state index in [-0.39, 0.29) is 5.97 Å². The number of methoxy groups -OCH3 is 1. The van der Waals surface area contributed by atoms with Crippen LogP contribution in [0, 0.1) is 11.8 Å². The first-order chi connectivity index (χ1) is 7.29. The zero-order valence-corrected chi connectivity index (χ0v) is 9.87. The smallest absolute Gasteiger partial charge is 0.339 e. The van der Waals surface area contributed by atoms with Gasteiger partial charge in [0.1, 0.15) is 0 Å². The standard InChI is InChI=1S/C11H10BrNO2/c1-15-11(14)10-5-7-13-8-9(10)4-2-3-6-12/h5,7-8H,3,6H2,1H3. The number of rotatable bonds is 2. The highest BCUT2D eigenvalue weighted by atomic mass is 79.9. The van der Waals surface area contributed by atoms with Gasteiger partial charge in [0.15, 0.2) is 0 Å². The lowest BCUT2D eigenvalue weighted by Crippen LogP contribution is -2.04. The minimum absolute atomic E-state index is 0.388. The number of pyridine rings is 1. The molecular formula is C11H10BrNO2. The highest BCUT2D eigenvalue weighted by molar-refractivity contribution is 9.09. The Labute approximate surface area is 97.0 Å². The number of aromatic nitrogens is 1. The topological polar surface area (TPSA) is 39.2 Å². The van der Waals surface area contributed by atoms with Gasteiger partial charge in [-0.15, -0.1) is 0 Å².